The molecule has 2 aromatic heterocycles. The number of thioether (sulfide) groups is 1. The van der Waals surface area contributed by atoms with Crippen molar-refractivity contribution in [3.63, 3.8) is 0 Å². The molecule has 0 amide bonds. The van der Waals surface area contributed by atoms with Crippen LogP contribution >= 0.6 is 27.7 Å². The van der Waals surface area contributed by atoms with Crippen molar-refractivity contribution in [3.8, 4) is 0 Å². The van der Waals surface area contributed by atoms with Crippen molar-refractivity contribution in [2.45, 2.75) is 24.7 Å². The van der Waals surface area contributed by atoms with Crippen LogP contribution in [0.3, 0.4) is 0 Å². The van der Waals surface area contributed by atoms with E-state index < -0.39 is 0 Å². The lowest BCUT2D eigenvalue weighted by molar-refractivity contribution is 0.242. The van der Waals surface area contributed by atoms with E-state index in [1.165, 1.54) is 22.7 Å². The average molecular weight is 405 g/mol. The molecule has 124 valence electrons. The molecule has 24 heavy (non-hydrogen) atoms. The minimum atomic E-state index is -0.00286. The molecule has 3 heterocycles. The fourth-order valence-corrected chi connectivity index (χ4v) is 3.98. The molecule has 7 heteroatoms. The van der Waals surface area contributed by atoms with Crippen LogP contribution in [0.4, 0.5) is 0 Å². The molecule has 0 atom stereocenters. The molecule has 3 aromatic rings. The molecule has 1 aliphatic heterocycles. The number of H-pyrrole nitrogens is 2. The molecule has 4 rings (SSSR count). The Balaban J connectivity index is 1.59. The Bertz CT molecular complexity index is 965. The lowest BCUT2D eigenvalue weighted by atomic mass is 10.1. The summed E-state index contributed by atoms with van der Waals surface area (Å²) in [4.78, 5) is 25.3. The summed E-state index contributed by atoms with van der Waals surface area (Å²) in [6, 6.07) is 6.27. The van der Waals surface area contributed by atoms with Crippen LogP contribution in [0.15, 0.2) is 38.8 Å². The van der Waals surface area contributed by atoms with Gasteiger partial charge in [-0.3, -0.25) is 9.69 Å². The third-order valence-corrected chi connectivity index (χ3v) is 5.52. The van der Waals surface area contributed by atoms with Crippen LogP contribution in [0.1, 0.15) is 16.8 Å². The molecule has 0 aliphatic carbocycles. The molecular formula is C17H17BrN4OS. The van der Waals surface area contributed by atoms with Gasteiger partial charge >= 0.3 is 0 Å². The third kappa shape index (κ3) is 2.92. The van der Waals surface area contributed by atoms with Crippen molar-refractivity contribution in [2.75, 3.05) is 12.8 Å². The lowest BCUT2D eigenvalue weighted by Gasteiger charge is -2.27. The zero-order chi connectivity index (χ0) is 16.7. The van der Waals surface area contributed by atoms with Gasteiger partial charge in [0.25, 0.3) is 5.56 Å². The zero-order valence-corrected chi connectivity index (χ0v) is 15.6. The van der Waals surface area contributed by atoms with Crippen LogP contribution in [0, 0.1) is 0 Å². The highest BCUT2D eigenvalue weighted by molar-refractivity contribution is 9.10. The number of rotatable bonds is 3. The SMILES string of the molecule is CSc1nc2c(c(=O)[nH]1)CN(Cc1c[nH]c3cc(Br)ccc13)CC2. The summed E-state index contributed by atoms with van der Waals surface area (Å²) in [5, 5.41) is 1.93. The van der Waals surface area contributed by atoms with E-state index in [4.69, 9.17) is 0 Å². The number of hydrogen-bond acceptors (Lipinski definition) is 4. The summed E-state index contributed by atoms with van der Waals surface area (Å²) in [6.45, 7) is 2.39. The van der Waals surface area contributed by atoms with E-state index in [1.807, 2.05) is 6.26 Å². The molecule has 0 unspecified atom stereocenters. The van der Waals surface area contributed by atoms with Gasteiger partial charge in [-0.05, 0) is 24.0 Å². The first-order valence-electron chi connectivity index (χ1n) is 7.78. The molecule has 5 nitrogen and oxygen atoms in total. The number of aromatic amines is 2. The first kappa shape index (κ1) is 15.9. The van der Waals surface area contributed by atoms with E-state index in [9.17, 15) is 4.79 Å². The molecule has 0 fully saturated rings. The molecule has 0 bridgehead atoms. The number of nitrogens with one attached hydrogen (secondary N) is 2. The molecule has 1 aliphatic rings. The van der Waals surface area contributed by atoms with E-state index in [2.05, 4.69) is 60.2 Å². The topological polar surface area (TPSA) is 64.8 Å². The van der Waals surface area contributed by atoms with Crippen molar-refractivity contribution >= 4 is 38.6 Å². The van der Waals surface area contributed by atoms with Crippen LogP contribution in [0.5, 0.6) is 0 Å². The van der Waals surface area contributed by atoms with Crippen molar-refractivity contribution in [1.82, 2.24) is 19.9 Å². The normalized spacial score (nSPS) is 14.9. The van der Waals surface area contributed by atoms with Gasteiger partial charge in [0.15, 0.2) is 5.16 Å². The monoisotopic (exact) mass is 404 g/mol. The summed E-state index contributed by atoms with van der Waals surface area (Å²) >= 11 is 4.98. The summed E-state index contributed by atoms with van der Waals surface area (Å²) < 4.78 is 1.07. The Kier molecular flexibility index (Phi) is 4.24. The Morgan fingerprint density at radius 1 is 1.42 bits per heavy atom. The minimum absolute atomic E-state index is 0.00286. The highest BCUT2D eigenvalue weighted by Gasteiger charge is 2.21. The van der Waals surface area contributed by atoms with Gasteiger partial charge in [0.2, 0.25) is 0 Å². The highest BCUT2D eigenvalue weighted by Crippen LogP contribution is 2.25. The largest absolute Gasteiger partial charge is 0.361 e. The maximum Gasteiger partial charge on any atom is 0.256 e. The first-order chi connectivity index (χ1) is 11.6. The van der Waals surface area contributed by atoms with Crippen molar-refractivity contribution in [3.05, 3.63) is 56.0 Å². The molecule has 0 saturated carbocycles. The molecule has 0 radical (unpaired) electrons. The van der Waals surface area contributed by atoms with Crippen molar-refractivity contribution < 1.29 is 0 Å². The Hall–Kier alpha value is -1.57. The molecule has 0 saturated heterocycles. The van der Waals surface area contributed by atoms with Crippen LogP contribution in [0.25, 0.3) is 10.9 Å². The summed E-state index contributed by atoms with van der Waals surface area (Å²) in [6.07, 6.45) is 4.81. The number of fused-ring (bicyclic) bond motifs is 2. The minimum Gasteiger partial charge on any atom is -0.361 e. The van der Waals surface area contributed by atoms with E-state index >= 15 is 0 Å². The molecular weight excluding hydrogens is 388 g/mol. The maximum atomic E-state index is 12.3. The van der Waals surface area contributed by atoms with Crippen molar-refractivity contribution in [2.24, 2.45) is 0 Å². The third-order valence-electron chi connectivity index (χ3n) is 4.44. The molecule has 1 aromatic carbocycles. The Morgan fingerprint density at radius 2 is 2.29 bits per heavy atom. The standard InChI is InChI=1S/C17H17BrN4OS/c1-24-17-20-14-4-5-22(9-13(14)16(23)21-17)8-10-7-19-15-6-11(18)2-3-12(10)15/h2-3,6-7,19H,4-5,8-9H2,1H3,(H,20,21,23). The second-order valence-corrected chi connectivity index (χ2v) is 7.68. The maximum absolute atomic E-state index is 12.3. The van der Waals surface area contributed by atoms with Crippen LogP contribution < -0.4 is 5.56 Å². The lowest BCUT2D eigenvalue weighted by Crippen LogP contribution is -2.35. The second-order valence-electron chi connectivity index (χ2n) is 5.96. The fraction of sp³-hybridized carbons (Fsp3) is 0.294. The number of halogens is 1. The van der Waals surface area contributed by atoms with E-state index in [0.717, 1.165) is 40.8 Å². The quantitative estimate of drug-likeness (QED) is 0.519. The predicted octanol–water partition coefficient (Wildman–Crippen LogP) is 3.29. The van der Waals surface area contributed by atoms with Gasteiger partial charge in [0.05, 0.1) is 11.3 Å². The molecule has 0 spiro atoms. The van der Waals surface area contributed by atoms with E-state index in [0.29, 0.717) is 11.7 Å². The zero-order valence-electron chi connectivity index (χ0n) is 13.2. The summed E-state index contributed by atoms with van der Waals surface area (Å²) in [5.74, 6) is 0. The van der Waals surface area contributed by atoms with Gasteiger partial charge in [-0.25, -0.2) is 4.98 Å². The Labute approximate surface area is 152 Å². The molecule has 2 N–H and O–H groups in total. The Morgan fingerprint density at radius 3 is 3.12 bits per heavy atom. The van der Waals surface area contributed by atoms with Gasteiger partial charge < -0.3 is 9.97 Å². The highest BCUT2D eigenvalue weighted by atomic mass is 79.9. The van der Waals surface area contributed by atoms with E-state index in [1.54, 1.807) is 0 Å². The van der Waals surface area contributed by atoms with Gasteiger partial charge in [-0.2, -0.15) is 0 Å². The number of aromatic nitrogens is 3. The number of hydrogen-bond donors (Lipinski definition) is 2. The second kappa shape index (κ2) is 6.38. The number of benzene rings is 1. The van der Waals surface area contributed by atoms with Gasteiger partial charge in [0.1, 0.15) is 0 Å². The van der Waals surface area contributed by atoms with Crippen molar-refractivity contribution in [1.29, 1.82) is 0 Å². The van der Waals surface area contributed by atoms with Gasteiger partial charge in [-0.15, -0.1) is 0 Å². The van der Waals surface area contributed by atoms with Crippen LogP contribution in [-0.2, 0) is 19.5 Å². The van der Waals surface area contributed by atoms with Gasteiger partial charge in [-0.1, -0.05) is 33.8 Å². The number of nitrogens with zero attached hydrogens (tertiary/aromatic N) is 2. The predicted molar refractivity (Wildman–Crippen MR) is 100 cm³/mol. The van der Waals surface area contributed by atoms with Crippen LogP contribution in [0.2, 0.25) is 0 Å². The van der Waals surface area contributed by atoms with E-state index in [-0.39, 0.29) is 5.56 Å². The first-order valence-corrected chi connectivity index (χ1v) is 9.80. The fourth-order valence-electron chi connectivity index (χ4n) is 3.22. The smallest absolute Gasteiger partial charge is 0.256 e. The van der Waals surface area contributed by atoms with Gasteiger partial charge in [0, 0.05) is 47.6 Å². The summed E-state index contributed by atoms with van der Waals surface area (Å²) in [5.41, 5.74) is 4.13. The van der Waals surface area contributed by atoms with Crippen LogP contribution in [-0.4, -0.2) is 32.7 Å². The average Bonchev–Trinajstić information content (AvgIpc) is 2.97. The summed E-state index contributed by atoms with van der Waals surface area (Å²) in [7, 11) is 0.